The van der Waals surface area contributed by atoms with Crippen LogP contribution in [0.4, 0.5) is 5.69 Å². The van der Waals surface area contributed by atoms with Crippen LogP contribution in [0.3, 0.4) is 0 Å². The SMILES string of the molecule is Cc1ccc([N+](=O)[O-])cc1[C@H](N)C(C)C. The molecule has 0 aromatic heterocycles. The monoisotopic (exact) mass is 208 g/mol. The lowest BCUT2D eigenvalue weighted by Gasteiger charge is -2.17. The first-order valence-corrected chi connectivity index (χ1v) is 4.94. The van der Waals surface area contributed by atoms with Crippen LogP contribution in [0.1, 0.15) is 31.0 Å². The Kier molecular flexibility index (Phi) is 3.42. The molecule has 0 amide bonds. The predicted molar refractivity (Wildman–Crippen MR) is 59.6 cm³/mol. The molecule has 0 fully saturated rings. The lowest BCUT2D eigenvalue weighted by molar-refractivity contribution is -0.384. The molecule has 0 saturated heterocycles. The standard InChI is InChI=1S/C11H16N2O2/c1-7(2)11(12)10-6-9(13(14)15)5-4-8(10)3/h4-7,11H,12H2,1-3H3/t11-/m1/s1. The van der Waals surface area contributed by atoms with Crippen molar-refractivity contribution in [3.8, 4) is 0 Å². The minimum Gasteiger partial charge on any atom is -0.324 e. The molecule has 0 bridgehead atoms. The van der Waals surface area contributed by atoms with E-state index in [4.69, 9.17) is 5.73 Å². The molecule has 1 rings (SSSR count). The van der Waals surface area contributed by atoms with Gasteiger partial charge in [0, 0.05) is 18.2 Å². The number of non-ortho nitro benzene ring substituents is 1. The van der Waals surface area contributed by atoms with Crippen LogP contribution in [0, 0.1) is 23.0 Å². The maximum atomic E-state index is 10.6. The molecule has 2 N–H and O–H groups in total. The first kappa shape index (κ1) is 11.7. The lowest BCUT2D eigenvalue weighted by Crippen LogP contribution is -2.18. The summed E-state index contributed by atoms with van der Waals surface area (Å²) in [7, 11) is 0. The van der Waals surface area contributed by atoms with E-state index in [2.05, 4.69) is 0 Å². The molecule has 82 valence electrons. The van der Waals surface area contributed by atoms with Gasteiger partial charge in [-0.3, -0.25) is 10.1 Å². The molecular formula is C11H16N2O2. The van der Waals surface area contributed by atoms with E-state index in [1.165, 1.54) is 6.07 Å². The van der Waals surface area contributed by atoms with Crippen molar-refractivity contribution in [2.24, 2.45) is 11.7 Å². The second kappa shape index (κ2) is 4.40. The van der Waals surface area contributed by atoms with Gasteiger partial charge < -0.3 is 5.73 Å². The zero-order valence-electron chi connectivity index (χ0n) is 9.23. The van der Waals surface area contributed by atoms with Gasteiger partial charge in [-0.2, -0.15) is 0 Å². The third-order valence-electron chi connectivity index (χ3n) is 2.55. The van der Waals surface area contributed by atoms with Gasteiger partial charge in [0.1, 0.15) is 0 Å². The molecule has 1 atom stereocenters. The van der Waals surface area contributed by atoms with Gasteiger partial charge in [-0.15, -0.1) is 0 Å². The Morgan fingerprint density at radius 2 is 2.00 bits per heavy atom. The van der Waals surface area contributed by atoms with E-state index in [9.17, 15) is 10.1 Å². The number of nitrogens with zero attached hydrogens (tertiary/aromatic N) is 1. The van der Waals surface area contributed by atoms with Crippen molar-refractivity contribution in [2.75, 3.05) is 0 Å². The fourth-order valence-corrected chi connectivity index (χ4v) is 1.46. The van der Waals surface area contributed by atoms with Gasteiger partial charge >= 0.3 is 0 Å². The summed E-state index contributed by atoms with van der Waals surface area (Å²) < 4.78 is 0. The summed E-state index contributed by atoms with van der Waals surface area (Å²) >= 11 is 0. The Balaban J connectivity index is 3.16. The largest absolute Gasteiger partial charge is 0.324 e. The molecule has 0 aliphatic heterocycles. The van der Waals surface area contributed by atoms with E-state index in [1.54, 1.807) is 12.1 Å². The highest BCUT2D eigenvalue weighted by Gasteiger charge is 2.16. The topological polar surface area (TPSA) is 69.2 Å². The number of aryl methyl sites for hydroxylation is 1. The van der Waals surface area contributed by atoms with Crippen LogP contribution in [0.5, 0.6) is 0 Å². The highest BCUT2D eigenvalue weighted by molar-refractivity contribution is 5.41. The quantitative estimate of drug-likeness (QED) is 0.613. The average Bonchev–Trinajstić information content (AvgIpc) is 2.16. The molecular weight excluding hydrogens is 192 g/mol. The number of benzene rings is 1. The molecule has 0 spiro atoms. The number of nitrogens with two attached hydrogens (primary N) is 1. The summed E-state index contributed by atoms with van der Waals surface area (Å²) in [5.74, 6) is 0.269. The van der Waals surface area contributed by atoms with Crippen molar-refractivity contribution in [2.45, 2.75) is 26.8 Å². The van der Waals surface area contributed by atoms with E-state index >= 15 is 0 Å². The van der Waals surface area contributed by atoms with Gasteiger partial charge in [0.25, 0.3) is 5.69 Å². The smallest absolute Gasteiger partial charge is 0.269 e. The van der Waals surface area contributed by atoms with Gasteiger partial charge in [0.15, 0.2) is 0 Å². The Hall–Kier alpha value is -1.42. The first-order valence-electron chi connectivity index (χ1n) is 4.94. The summed E-state index contributed by atoms with van der Waals surface area (Å²) in [4.78, 5) is 10.2. The van der Waals surface area contributed by atoms with E-state index in [0.29, 0.717) is 0 Å². The lowest BCUT2D eigenvalue weighted by atomic mass is 9.93. The summed E-state index contributed by atoms with van der Waals surface area (Å²) in [6.07, 6.45) is 0. The van der Waals surface area contributed by atoms with E-state index in [-0.39, 0.29) is 17.6 Å². The van der Waals surface area contributed by atoms with Crippen LogP contribution in [-0.4, -0.2) is 4.92 Å². The molecule has 1 aromatic carbocycles. The molecule has 4 nitrogen and oxygen atoms in total. The van der Waals surface area contributed by atoms with Crippen LogP contribution >= 0.6 is 0 Å². The van der Waals surface area contributed by atoms with Crippen molar-refractivity contribution in [3.63, 3.8) is 0 Å². The van der Waals surface area contributed by atoms with E-state index in [1.807, 2.05) is 20.8 Å². The minimum atomic E-state index is -0.393. The van der Waals surface area contributed by atoms with Gasteiger partial charge in [0.2, 0.25) is 0 Å². The molecule has 0 aliphatic rings. The van der Waals surface area contributed by atoms with Crippen LogP contribution < -0.4 is 5.73 Å². The van der Waals surface area contributed by atoms with Crippen molar-refractivity contribution < 1.29 is 4.92 Å². The highest BCUT2D eigenvalue weighted by Crippen LogP contribution is 2.26. The minimum absolute atomic E-state index is 0.103. The number of hydrogen-bond acceptors (Lipinski definition) is 3. The average molecular weight is 208 g/mol. The second-order valence-electron chi connectivity index (χ2n) is 4.07. The number of hydrogen-bond donors (Lipinski definition) is 1. The van der Waals surface area contributed by atoms with Crippen molar-refractivity contribution in [3.05, 3.63) is 39.4 Å². The van der Waals surface area contributed by atoms with Crippen LogP contribution in [0.2, 0.25) is 0 Å². The van der Waals surface area contributed by atoms with Crippen LogP contribution in [-0.2, 0) is 0 Å². The first-order chi connectivity index (χ1) is 6.93. The van der Waals surface area contributed by atoms with E-state index < -0.39 is 4.92 Å². The Labute approximate surface area is 89.2 Å². The van der Waals surface area contributed by atoms with Crippen molar-refractivity contribution in [1.82, 2.24) is 0 Å². The van der Waals surface area contributed by atoms with Gasteiger partial charge in [-0.1, -0.05) is 19.9 Å². The maximum absolute atomic E-state index is 10.6. The Morgan fingerprint density at radius 1 is 1.40 bits per heavy atom. The highest BCUT2D eigenvalue weighted by atomic mass is 16.6. The molecule has 15 heavy (non-hydrogen) atoms. The molecule has 1 aromatic rings. The molecule has 0 radical (unpaired) electrons. The predicted octanol–water partition coefficient (Wildman–Crippen LogP) is 2.56. The Morgan fingerprint density at radius 3 is 2.47 bits per heavy atom. The van der Waals surface area contributed by atoms with Crippen molar-refractivity contribution >= 4 is 5.69 Å². The van der Waals surface area contributed by atoms with Gasteiger partial charge in [-0.05, 0) is 24.0 Å². The zero-order chi connectivity index (χ0) is 11.6. The van der Waals surface area contributed by atoms with Crippen LogP contribution in [0.25, 0.3) is 0 Å². The third-order valence-corrected chi connectivity index (χ3v) is 2.55. The summed E-state index contributed by atoms with van der Waals surface area (Å²) in [6.45, 7) is 5.92. The zero-order valence-corrected chi connectivity index (χ0v) is 9.23. The summed E-state index contributed by atoms with van der Waals surface area (Å²) in [6, 6.07) is 4.67. The van der Waals surface area contributed by atoms with Gasteiger partial charge in [0.05, 0.1) is 4.92 Å². The third kappa shape index (κ3) is 2.53. The van der Waals surface area contributed by atoms with E-state index in [0.717, 1.165) is 11.1 Å². The fraction of sp³-hybridized carbons (Fsp3) is 0.455. The Bertz CT molecular complexity index is 375. The second-order valence-corrected chi connectivity index (χ2v) is 4.07. The number of nitro groups is 1. The molecule has 0 heterocycles. The normalized spacial score (nSPS) is 12.9. The fourth-order valence-electron chi connectivity index (χ4n) is 1.46. The molecule has 0 aliphatic carbocycles. The summed E-state index contributed by atoms with van der Waals surface area (Å²) in [5, 5.41) is 10.6. The number of nitro benzene ring substituents is 1. The molecule has 4 heteroatoms. The molecule has 0 unspecified atom stereocenters. The van der Waals surface area contributed by atoms with Crippen LogP contribution in [0.15, 0.2) is 18.2 Å². The number of rotatable bonds is 3. The summed E-state index contributed by atoms with van der Waals surface area (Å²) in [5.41, 5.74) is 7.95. The maximum Gasteiger partial charge on any atom is 0.269 e. The van der Waals surface area contributed by atoms with Crippen molar-refractivity contribution in [1.29, 1.82) is 0 Å². The molecule has 0 saturated carbocycles. The van der Waals surface area contributed by atoms with Gasteiger partial charge in [-0.25, -0.2) is 0 Å².